The van der Waals surface area contributed by atoms with E-state index in [-0.39, 0.29) is 18.3 Å². The molecule has 0 radical (unpaired) electrons. The number of nitrogens with two attached hydrogens (primary N) is 1. The first-order chi connectivity index (χ1) is 13.7. The SMILES string of the molecule is COc1cc(CN(CCN)C(=O)c2cccs2)ccc1OCc1ccccc1.Cl. The topological polar surface area (TPSA) is 64.8 Å². The smallest absolute Gasteiger partial charge is 0.264 e. The molecule has 0 saturated carbocycles. The molecule has 0 saturated heterocycles. The van der Waals surface area contributed by atoms with Crippen LogP contribution in [0.2, 0.25) is 0 Å². The van der Waals surface area contributed by atoms with Crippen molar-refractivity contribution in [3.63, 3.8) is 0 Å². The highest BCUT2D eigenvalue weighted by molar-refractivity contribution is 7.12. The number of carbonyl (C=O) groups is 1. The summed E-state index contributed by atoms with van der Waals surface area (Å²) >= 11 is 1.43. The minimum absolute atomic E-state index is 0. The van der Waals surface area contributed by atoms with Crippen molar-refractivity contribution in [1.82, 2.24) is 4.90 Å². The van der Waals surface area contributed by atoms with E-state index in [4.69, 9.17) is 15.2 Å². The monoisotopic (exact) mass is 432 g/mol. The van der Waals surface area contributed by atoms with Gasteiger partial charge in [0.1, 0.15) is 6.61 Å². The van der Waals surface area contributed by atoms with E-state index >= 15 is 0 Å². The highest BCUT2D eigenvalue weighted by Crippen LogP contribution is 2.29. The minimum atomic E-state index is -0.0104. The van der Waals surface area contributed by atoms with Gasteiger partial charge in [-0.1, -0.05) is 42.5 Å². The van der Waals surface area contributed by atoms with Gasteiger partial charge in [0.15, 0.2) is 11.5 Å². The molecule has 154 valence electrons. The molecule has 1 amide bonds. The van der Waals surface area contributed by atoms with Crippen molar-refractivity contribution in [1.29, 1.82) is 0 Å². The van der Waals surface area contributed by atoms with Gasteiger partial charge in [-0.05, 0) is 34.7 Å². The van der Waals surface area contributed by atoms with E-state index < -0.39 is 0 Å². The zero-order valence-corrected chi connectivity index (χ0v) is 17.9. The Bertz CT molecular complexity index is 888. The quantitative estimate of drug-likeness (QED) is 0.545. The summed E-state index contributed by atoms with van der Waals surface area (Å²) in [5.74, 6) is 1.30. The fraction of sp³-hybridized carbons (Fsp3) is 0.227. The van der Waals surface area contributed by atoms with Crippen molar-refractivity contribution in [3.8, 4) is 11.5 Å². The Labute approximate surface area is 181 Å². The van der Waals surface area contributed by atoms with E-state index in [1.165, 1.54) is 11.3 Å². The summed E-state index contributed by atoms with van der Waals surface area (Å²) in [6.07, 6.45) is 0. The molecule has 2 N–H and O–H groups in total. The van der Waals surface area contributed by atoms with Crippen LogP contribution in [0.4, 0.5) is 0 Å². The second-order valence-corrected chi connectivity index (χ2v) is 7.20. The highest BCUT2D eigenvalue weighted by atomic mass is 35.5. The van der Waals surface area contributed by atoms with Crippen molar-refractivity contribution in [2.24, 2.45) is 5.73 Å². The summed E-state index contributed by atoms with van der Waals surface area (Å²) in [5.41, 5.74) is 7.76. The molecule has 5 nitrogen and oxygen atoms in total. The first kappa shape index (κ1) is 22.7. The van der Waals surface area contributed by atoms with Crippen LogP contribution in [0.3, 0.4) is 0 Å². The van der Waals surface area contributed by atoms with E-state index in [2.05, 4.69) is 0 Å². The fourth-order valence-corrected chi connectivity index (χ4v) is 3.54. The van der Waals surface area contributed by atoms with Gasteiger partial charge >= 0.3 is 0 Å². The molecule has 0 atom stereocenters. The second kappa shape index (κ2) is 11.5. The van der Waals surface area contributed by atoms with Crippen LogP contribution in [-0.2, 0) is 13.2 Å². The van der Waals surface area contributed by atoms with Gasteiger partial charge in [-0.25, -0.2) is 0 Å². The average molecular weight is 433 g/mol. The van der Waals surface area contributed by atoms with E-state index in [0.717, 1.165) is 11.1 Å². The number of methoxy groups -OCH3 is 1. The predicted octanol–water partition coefficient (Wildman–Crippen LogP) is 4.36. The lowest BCUT2D eigenvalue weighted by Crippen LogP contribution is -2.34. The Morgan fingerprint density at radius 3 is 2.48 bits per heavy atom. The Morgan fingerprint density at radius 1 is 1.03 bits per heavy atom. The third-order valence-electron chi connectivity index (χ3n) is 4.26. The molecule has 1 heterocycles. The lowest BCUT2D eigenvalue weighted by Gasteiger charge is -2.22. The lowest BCUT2D eigenvalue weighted by molar-refractivity contribution is 0.0753. The number of halogens is 1. The molecule has 3 aromatic rings. The van der Waals surface area contributed by atoms with Crippen molar-refractivity contribution in [3.05, 3.63) is 82.0 Å². The highest BCUT2D eigenvalue weighted by Gasteiger charge is 2.17. The van der Waals surface area contributed by atoms with Crippen molar-refractivity contribution in [2.75, 3.05) is 20.2 Å². The van der Waals surface area contributed by atoms with Crippen molar-refractivity contribution < 1.29 is 14.3 Å². The molecule has 0 aliphatic rings. The van der Waals surface area contributed by atoms with Gasteiger partial charge in [0, 0.05) is 19.6 Å². The molecule has 0 fully saturated rings. The van der Waals surface area contributed by atoms with Crippen LogP contribution < -0.4 is 15.2 Å². The lowest BCUT2D eigenvalue weighted by atomic mass is 10.1. The number of amides is 1. The zero-order valence-electron chi connectivity index (χ0n) is 16.2. The summed E-state index contributed by atoms with van der Waals surface area (Å²) in [5, 5.41) is 1.90. The van der Waals surface area contributed by atoms with E-state index in [1.54, 1.807) is 12.0 Å². The summed E-state index contributed by atoms with van der Waals surface area (Å²) in [6.45, 7) is 1.83. The second-order valence-electron chi connectivity index (χ2n) is 6.25. The molecule has 29 heavy (non-hydrogen) atoms. The third kappa shape index (κ3) is 6.22. The molecule has 0 aliphatic carbocycles. The standard InChI is InChI=1S/C22H24N2O3S.ClH/c1-26-20-14-18(9-10-19(20)27-16-17-6-3-2-4-7-17)15-24(12-11-23)22(25)21-8-5-13-28-21;/h2-10,13-14H,11-12,15-16,23H2,1H3;1H. The summed E-state index contributed by atoms with van der Waals surface area (Å²) < 4.78 is 11.4. The maximum Gasteiger partial charge on any atom is 0.264 e. The van der Waals surface area contributed by atoms with E-state index in [1.807, 2.05) is 66.0 Å². The summed E-state index contributed by atoms with van der Waals surface area (Å²) in [7, 11) is 1.61. The molecule has 0 spiro atoms. The van der Waals surface area contributed by atoms with Crippen LogP contribution >= 0.6 is 23.7 Å². The number of ether oxygens (including phenoxy) is 2. The number of thiophene rings is 1. The Balaban J connectivity index is 0.00000300. The predicted molar refractivity (Wildman–Crippen MR) is 119 cm³/mol. The van der Waals surface area contributed by atoms with Gasteiger partial charge in [-0.15, -0.1) is 23.7 Å². The van der Waals surface area contributed by atoms with Gasteiger partial charge in [0.25, 0.3) is 5.91 Å². The molecule has 2 aromatic carbocycles. The number of benzene rings is 2. The van der Waals surface area contributed by atoms with Gasteiger partial charge in [0.2, 0.25) is 0 Å². The maximum absolute atomic E-state index is 12.7. The average Bonchev–Trinajstić information content (AvgIpc) is 3.27. The number of hydrogen-bond acceptors (Lipinski definition) is 5. The number of carbonyl (C=O) groups excluding carboxylic acids is 1. The van der Waals surface area contributed by atoms with Crippen LogP contribution in [0.5, 0.6) is 11.5 Å². The fourth-order valence-electron chi connectivity index (χ4n) is 2.85. The van der Waals surface area contributed by atoms with Gasteiger partial charge in [0.05, 0.1) is 12.0 Å². The maximum atomic E-state index is 12.7. The van der Waals surface area contributed by atoms with Crippen LogP contribution in [0.1, 0.15) is 20.8 Å². The Kier molecular flexibility index (Phi) is 8.99. The van der Waals surface area contributed by atoms with E-state index in [0.29, 0.717) is 42.6 Å². The van der Waals surface area contributed by atoms with Gasteiger partial charge in [-0.3, -0.25) is 4.79 Å². The zero-order chi connectivity index (χ0) is 19.8. The Morgan fingerprint density at radius 2 is 1.83 bits per heavy atom. The third-order valence-corrected chi connectivity index (χ3v) is 5.11. The number of rotatable bonds is 9. The van der Waals surface area contributed by atoms with Gasteiger partial charge in [-0.2, -0.15) is 0 Å². The van der Waals surface area contributed by atoms with Crippen molar-refractivity contribution >= 4 is 29.7 Å². The molecular weight excluding hydrogens is 408 g/mol. The molecule has 1 aromatic heterocycles. The van der Waals surface area contributed by atoms with E-state index in [9.17, 15) is 4.79 Å². The molecule has 3 rings (SSSR count). The largest absolute Gasteiger partial charge is 0.493 e. The molecule has 0 unspecified atom stereocenters. The molecule has 0 bridgehead atoms. The summed E-state index contributed by atoms with van der Waals surface area (Å²) in [4.78, 5) is 15.2. The Hall–Kier alpha value is -2.54. The van der Waals surface area contributed by atoms with Crippen LogP contribution in [0.25, 0.3) is 0 Å². The first-order valence-corrected chi connectivity index (χ1v) is 9.95. The number of nitrogens with zero attached hydrogens (tertiary/aromatic N) is 1. The first-order valence-electron chi connectivity index (χ1n) is 9.07. The van der Waals surface area contributed by atoms with Gasteiger partial charge < -0.3 is 20.1 Å². The van der Waals surface area contributed by atoms with Crippen LogP contribution in [0.15, 0.2) is 66.0 Å². The van der Waals surface area contributed by atoms with Crippen molar-refractivity contribution in [2.45, 2.75) is 13.2 Å². The number of hydrogen-bond donors (Lipinski definition) is 1. The molecule has 0 aliphatic heterocycles. The molecule has 7 heteroatoms. The van der Waals surface area contributed by atoms with Crippen LogP contribution in [0, 0.1) is 0 Å². The minimum Gasteiger partial charge on any atom is -0.493 e. The summed E-state index contributed by atoms with van der Waals surface area (Å²) in [6, 6.07) is 19.4. The normalized spacial score (nSPS) is 10.1. The van der Waals surface area contributed by atoms with Crippen LogP contribution in [-0.4, -0.2) is 31.0 Å². The molecular formula is C22H25ClN2O3S.